The van der Waals surface area contributed by atoms with E-state index in [-0.39, 0.29) is 50.2 Å². The molecular weight excluding hydrogens is 1870 g/mol. The fraction of sp³-hybridized carbons (Fsp3) is 0.324. The topological polar surface area (TPSA) is 295 Å². The van der Waals surface area contributed by atoms with E-state index < -0.39 is 35.9 Å². The summed E-state index contributed by atoms with van der Waals surface area (Å²) < 4.78 is 24.8. The van der Waals surface area contributed by atoms with Crippen molar-refractivity contribution in [3.63, 3.8) is 0 Å². The van der Waals surface area contributed by atoms with Gasteiger partial charge in [0.05, 0.1) is 61.9 Å². The molecule has 3 amide bonds. The van der Waals surface area contributed by atoms with Crippen molar-refractivity contribution in [2.45, 2.75) is 166 Å². The number of carbonyl (C=O) groups is 4. The molecule has 5 aliphatic rings. The number of aromatic nitrogens is 11. The van der Waals surface area contributed by atoms with Crippen LogP contribution < -0.4 is 16.0 Å². The molecule has 14 heterocycles. The Bertz CT molecular complexity index is 6890. The Morgan fingerprint density at radius 3 is 1.23 bits per heavy atom. The van der Waals surface area contributed by atoms with Gasteiger partial charge < -0.3 is 30.2 Å². The van der Waals surface area contributed by atoms with Crippen molar-refractivity contribution in [3.8, 4) is 20.0 Å². The maximum Gasteiger partial charge on any atom is 0.407 e. The number of aliphatic imine (C=N–C) groups is 4. The Labute approximate surface area is 826 Å². The highest BCUT2D eigenvalue weighted by Crippen LogP contribution is 2.46. The van der Waals surface area contributed by atoms with Crippen molar-refractivity contribution in [1.82, 2.24) is 74.5 Å². The molecule has 0 radical (unpaired) electrons. The molecule has 136 heavy (non-hydrogen) atoms. The first-order valence-corrected chi connectivity index (χ1v) is 49.7. The van der Waals surface area contributed by atoms with Gasteiger partial charge in [-0.3, -0.25) is 62.5 Å². The summed E-state index contributed by atoms with van der Waals surface area (Å²) in [6.45, 7) is 36.2. The molecule has 4 unspecified atom stereocenters. The maximum atomic E-state index is 13.0. The van der Waals surface area contributed by atoms with Gasteiger partial charge in [0.2, 0.25) is 11.8 Å². The number of hydrogen-bond acceptors (Lipinski definition) is 23. The number of imidazole rings is 2. The number of thiophene rings is 4. The van der Waals surface area contributed by atoms with Crippen molar-refractivity contribution in [2.75, 3.05) is 52.5 Å². The second-order valence-corrected chi connectivity index (χ2v) is 41.4. The number of amides is 3. The van der Waals surface area contributed by atoms with Crippen LogP contribution in [0.2, 0.25) is 20.1 Å². The van der Waals surface area contributed by atoms with Crippen LogP contribution in [0.3, 0.4) is 0 Å². The predicted molar refractivity (Wildman–Crippen MR) is 543 cm³/mol. The minimum atomic E-state index is -0.553. The number of benzene rings is 5. The van der Waals surface area contributed by atoms with E-state index in [1.165, 1.54) is 36.2 Å². The quantitative estimate of drug-likeness (QED) is 0.0598. The molecular formula is C102H105Cl4N19O7S4. The number of hydrogen-bond donors (Lipinski definition) is 3. The number of carbonyl (C=O) groups excluding carboxylic acids is 4. The second-order valence-electron chi connectivity index (χ2n) is 34.8. The number of aryl methyl sites for hydroxylation is 8. The Hall–Kier alpha value is -11.8. The molecule has 3 N–H and O–H groups in total. The normalized spacial score (nSPS) is 15.7. The molecule has 34 heteroatoms. The third kappa shape index (κ3) is 21.8. The Balaban J connectivity index is 0.000000132. The number of nitrogens with zero attached hydrogens (tertiary/aromatic N) is 16. The van der Waals surface area contributed by atoms with E-state index in [1.54, 1.807) is 51.5 Å². The number of nitrogens with one attached hydrogen (secondary N) is 3. The van der Waals surface area contributed by atoms with Gasteiger partial charge in [0.1, 0.15) is 79.7 Å². The van der Waals surface area contributed by atoms with Gasteiger partial charge in [-0.05, 0) is 198 Å². The number of fused-ring (bicyclic) bond motifs is 12. The summed E-state index contributed by atoms with van der Waals surface area (Å²) in [5, 5.41) is 33.5. The molecule has 1 saturated heterocycles. The van der Waals surface area contributed by atoms with E-state index in [1.807, 2.05) is 204 Å². The number of alkyl carbamates (subject to hydrolysis) is 1. The Morgan fingerprint density at radius 1 is 0.434 bits per heavy atom. The highest BCUT2D eigenvalue weighted by atomic mass is 35.5. The van der Waals surface area contributed by atoms with Gasteiger partial charge in [-0.15, -0.1) is 65.7 Å². The summed E-state index contributed by atoms with van der Waals surface area (Å²) in [5.74, 6) is 4.07. The number of pyridine rings is 1. The molecule has 26 nitrogen and oxygen atoms in total. The van der Waals surface area contributed by atoms with Gasteiger partial charge >= 0.3 is 12.1 Å². The Morgan fingerprint density at radius 2 is 0.816 bits per heavy atom. The third-order valence-corrected chi connectivity index (χ3v) is 29.9. The lowest BCUT2D eigenvalue weighted by atomic mass is 9.99. The van der Waals surface area contributed by atoms with Crippen LogP contribution in [0, 0.1) is 83.1 Å². The Kier molecular flexibility index (Phi) is 30.4. The highest BCUT2D eigenvalue weighted by molar-refractivity contribution is 7.16. The summed E-state index contributed by atoms with van der Waals surface area (Å²) in [5.41, 5.74) is 19.8. The molecule has 702 valence electrons. The fourth-order valence-corrected chi connectivity index (χ4v) is 22.2. The van der Waals surface area contributed by atoms with Crippen LogP contribution in [0.25, 0.3) is 20.0 Å². The highest BCUT2D eigenvalue weighted by Gasteiger charge is 2.39. The first-order chi connectivity index (χ1) is 65.3. The summed E-state index contributed by atoms with van der Waals surface area (Å²) in [7, 11) is 0. The zero-order valence-corrected chi connectivity index (χ0v) is 84.5. The number of rotatable bonds is 20. The SMILES string of the molecule is Cc1sc2c(c1C)C(c1ccc(Cl)cc1)=NC(CC(=O)NCCN1CCOCC1)c1ncc(C)n1-2.Cc1sc2c(c1C)C(c1ccc(Cl)cc1)=NC(CC(=O)NCCc1cccnc1)c1nnc(C)n1-2.Cc1sc2c(c1C)C(c1ccc(Cl)cc1)=NC(CC(=O)OC(C)(C)C)c1ncc(C)n1-2.Cc1sc2c(c1C)C(c1ccc(Cl)cc1)=NC(CNC(=O)OCc1ccccc1)c1nnc(C)n1-2. The van der Waals surface area contributed by atoms with Crippen molar-refractivity contribution < 1.29 is 33.4 Å². The lowest BCUT2D eigenvalue weighted by Gasteiger charge is -2.26. The molecule has 1 fully saturated rings. The lowest BCUT2D eigenvalue weighted by molar-refractivity contribution is -0.155. The molecule has 4 atom stereocenters. The fourth-order valence-electron chi connectivity index (χ4n) is 16.8. The van der Waals surface area contributed by atoms with Crippen LogP contribution in [0.5, 0.6) is 0 Å². The number of morpholine rings is 1. The average Bonchev–Trinajstić information content (AvgIpc) is 1.61. The van der Waals surface area contributed by atoms with Crippen molar-refractivity contribution in [1.29, 1.82) is 0 Å². The smallest absolute Gasteiger partial charge is 0.407 e. The molecule has 0 aliphatic carbocycles. The van der Waals surface area contributed by atoms with E-state index >= 15 is 0 Å². The van der Waals surface area contributed by atoms with Crippen molar-refractivity contribution in [3.05, 3.63) is 328 Å². The van der Waals surface area contributed by atoms with Crippen LogP contribution in [0.15, 0.2) is 184 Å². The summed E-state index contributed by atoms with van der Waals surface area (Å²) in [6, 6.07) is 42.5. The maximum absolute atomic E-state index is 13.0. The van der Waals surface area contributed by atoms with Gasteiger partial charge in [0.15, 0.2) is 11.6 Å². The third-order valence-electron chi connectivity index (χ3n) is 24.2. The monoisotopic (exact) mass is 1980 g/mol. The van der Waals surface area contributed by atoms with Crippen LogP contribution >= 0.6 is 91.8 Å². The largest absolute Gasteiger partial charge is 0.460 e. The number of ether oxygens (including phenoxy) is 3. The van der Waals surface area contributed by atoms with E-state index in [0.29, 0.717) is 51.2 Å². The van der Waals surface area contributed by atoms with Crippen LogP contribution in [-0.4, -0.2) is 163 Å². The van der Waals surface area contributed by atoms with E-state index in [9.17, 15) is 19.2 Å². The average molecular weight is 1980 g/mol. The van der Waals surface area contributed by atoms with Crippen molar-refractivity contribution >= 4 is 138 Å². The van der Waals surface area contributed by atoms with E-state index in [2.05, 4.69) is 127 Å². The van der Waals surface area contributed by atoms with Gasteiger partial charge in [-0.1, -0.05) is 131 Å². The zero-order valence-electron chi connectivity index (χ0n) is 78.2. The molecule has 19 rings (SSSR count). The van der Waals surface area contributed by atoms with Crippen LogP contribution in [-0.2, 0) is 41.6 Å². The van der Waals surface area contributed by atoms with Crippen molar-refractivity contribution in [2.24, 2.45) is 20.0 Å². The van der Waals surface area contributed by atoms with Gasteiger partial charge in [0.25, 0.3) is 0 Å². The minimum absolute atomic E-state index is 0.0205. The van der Waals surface area contributed by atoms with Crippen LogP contribution in [0.4, 0.5) is 4.79 Å². The molecule has 9 aromatic heterocycles. The minimum Gasteiger partial charge on any atom is -0.460 e. The zero-order chi connectivity index (χ0) is 96.1. The predicted octanol–water partition coefficient (Wildman–Crippen LogP) is 21.0. The van der Waals surface area contributed by atoms with Gasteiger partial charge in [-0.25, -0.2) is 14.8 Å². The molecule has 5 aliphatic heterocycles. The second kappa shape index (κ2) is 42.4. The summed E-state index contributed by atoms with van der Waals surface area (Å²) >= 11 is 31.5. The lowest BCUT2D eigenvalue weighted by Crippen LogP contribution is -2.41. The molecule has 0 bridgehead atoms. The molecule has 0 saturated carbocycles. The molecule has 0 spiro atoms. The number of esters is 1. The van der Waals surface area contributed by atoms with Gasteiger partial charge in [-0.2, -0.15) is 0 Å². The summed E-state index contributed by atoms with van der Waals surface area (Å²) in [4.78, 5) is 92.5. The van der Waals surface area contributed by atoms with E-state index in [0.717, 1.165) is 172 Å². The van der Waals surface area contributed by atoms with E-state index in [4.69, 9.17) is 85.6 Å². The number of halogens is 4. The van der Waals surface area contributed by atoms with Crippen LogP contribution in [0.1, 0.15) is 208 Å². The summed E-state index contributed by atoms with van der Waals surface area (Å²) in [6.07, 6.45) is 8.01. The molecule has 14 aromatic rings. The first kappa shape index (κ1) is 97.3. The molecule has 5 aromatic carbocycles. The standard InChI is InChI=1S/C26H25ClN6OS.C26H30ClN5O2S.C26H24ClN5O2S.C24H26ClN3O2S/c1-15-16(2)35-26-23(15)24(19-6-8-20(27)9-7-19)30-21(25-32-31-17(3)33(25)26)13-22(34)29-12-10-18-5-4-11-28-14-18;1-16-15-29-25-21(14-22(33)28-8-9-31-10-12-34-13-11-31)30-24(19-4-6-20(27)7-5-19)23-17(2)18(3)35-26(23)32(16)25;1-15-16(2)35-25-22(15)23(19-9-11-20(27)12-10-19)29-21(24-31-30-17(3)32(24)25)13-28-26(33)34-14-18-7-5-4-6-8-18;1-13-12-26-22-18(11-19(29)30-24(4,5)6)27-21(16-7-9-17(25)10-8-16)20-14(2)15(3)31-23(20)28(13)22/h4-9,11,14,21H,10,12-13H2,1-3H3,(H,29,34);4-7,15,21H,8-14H2,1-3H3,(H,28,33);4-12,21H,13-14H2,1-3H3,(H,28,33);7-10,12,18H,11H2,1-6H3. The first-order valence-electron chi connectivity index (χ1n) is 44.9. The van der Waals surface area contributed by atoms with Gasteiger partial charge in [0, 0.05) is 153 Å².